The van der Waals surface area contributed by atoms with Gasteiger partial charge < -0.3 is 10.2 Å². The van der Waals surface area contributed by atoms with Gasteiger partial charge in [0.25, 0.3) is 0 Å². The van der Waals surface area contributed by atoms with Crippen molar-refractivity contribution in [1.29, 1.82) is 0 Å². The first-order valence-corrected chi connectivity index (χ1v) is 14.8. The molecule has 0 radical (unpaired) electrons. The molecule has 0 bridgehead atoms. The Morgan fingerprint density at radius 2 is 1.50 bits per heavy atom. The maximum Gasteiger partial charge on any atom is 0.0943 e. The summed E-state index contributed by atoms with van der Waals surface area (Å²) in [6, 6.07) is 35.4. The largest absolute Gasteiger partial charge is 0.372 e. The molecule has 3 nitrogen and oxygen atoms in total. The zero-order valence-corrected chi connectivity index (χ0v) is 23.7. The summed E-state index contributed by atoms with van der Waals surface area (Å²) in [7, 11) is 0. The first-order chi connectivity index (χ1) is 19.6. The molecule has 200 valence electrons. The van der Waals surface area contributed by atoms with Crippen LogP contribution in [0.4, 0.5) is 11.4 Å². The molecule has 2 unspecified atom stereocenters. The van der Waals surface area contributed by atoms with E-state index in [-0.39, 0.29) is 12.0 Å². The van der Waals surface area contributed by atoms with Crippen molar-refractivity contribution in [1.82, 2.24) is 4.98 Å². The van der Waals surface area contributed by atoms with Gasteiger partial charge in [-0.15, -0.1) is 0 Å². The average Bonchev–Trinajstić information content (AvgIpc) is 3.50. The van der Waals surface area contributed by atoms with E-state index in [1.807, 2.05) is 0 Å². The highest BCUT2D eigenvalue weighted by atomic mass is 15.1. The smallest absolute Gasteiger partial charge is 0.0943 e. The predicted molar refractivity (Wildman–Crippen MR) is 169 cm³/mol. The number of benzene rings is 4. The number of hydrogen-bond donors (Lipinski definition) is 1. The van der Waals surface area contributed by atoms with Crippen LogP contribution in [0.2, 0.25) is 0 Å². The molecule has 1 saturated heterocycles. The lowest BCUT2D eigenvalue weighted by Gasteiger charge is -2.27. The summed E-state index contributed by atoms with van der Waals surface area (Å²) in [6.07, 6.45) is 2.57. The van der Waals surface area contributed by atoms with Crippen LogP contribution in [0.1, 0.15) is 79.4 Å². The van der Waals surface area contributed by atoms with E-state index < -0.39 is 0 Å². The number of rotatable bonds is 4. The van der Waals surface area contributed by atoms with Crippen molar-refractivity contribution in [3.05, 3.63) is 125 Å². The van der Waals surface area contributed by atoms with Gasteiger partial charge in [-0.2, -0.15) is 0 Å². The fourth-order valence-electron chi connectivity index (χ4n) is 6.79. The number of anilines is 2. The van der Waals surface area contributed by atoms with E-state index in [9.17, 15) is 0 Å². The van der Waals surface area contributed by atoms with Gasteiger partial charge in [0.1, 0.15) is 0 Å². The predicted octanol–water partition coefficient (Wildman–Crippen LogP) is 9.29. The lowest BCUT2D eigenvalue weighted by atomic mass is 9.86. The van der Waals surface area contributed by atoms with Crippen molar-refractivity contribution in [3.63, 3.8) is 0 Å². The minimum atomic E-state index is -0.0371. The van der Waals surface area contributed by atoms with E-state index in [0.717, 1.165) is 24.5 Å². The normalized spacial score (nSPS) is 18.4. The van der Waals surface area contributed by atoms with Crippen LogP contribution in [0.15, 0.2) is 97.1 Å². The third kappa shape index (κ3) is 4.25. The minimum absolute atomic E-state index is 0.0371. The van der Waals surface area contributed by atoms with E-state index in [1.165, 1.54) is 62.8 Å². The van der Waals surface area contributed by atoms with Crippen LogP contribution < -0.4 is 10.2 Å². The number of nitrogens with zero attached hydrogens (tertiary/aromatic N) is 2. The number of fused-ring (bicyclic) bond motifs is 3. The zero-order chi connectivity index (χ0) is 27.2. The topological polar surface area (TPSA) is 28.2 Å². The molecular formula is C37H37N3. The molecule has 1 N–H and O–H groups in total. The van der Waals surface area contributed by atoms with E-state index >= 15 is 0 Å². The Kier molecular flexibility index (Phi) is 6.31. The molecule has 4 aromatic carbocycles. The second kappa shape index (κ2) is 10.1. The Morgan fingerprint density at radius 1 is 0.775 bits per heavy atom. The van der Waals surface area contributed by atoms with Crippen LogP contribution in [0, 0.1) is 0 Å². The van der Waals surface area contributed by atoms with Crippen LogP contribution in [0.5, 0.6) is 0 Å². The van der Waals surface area contributed by atoms with Gasteiger partial charge in [-0.05, 0) is 76.1 Å². The van der Waals surface area contributed by atoms with Gasteiger partial charge in [0, 0.05) is 35.9 Å². The van der Waals surface area contributed by atoms with Crippen molar-refractivity contribution in [2.75, 3.05) is 23.3 Å². The van der Waals surface area contributed by atoms with Crippen molar-refractivity contribution in [3.8, 4) is 11.3 Å². The second-order valence-corrected chi connectivity index (χ2v) is 11.8. The van der Waals surface area contributed by atoms with Gasteiger partial charge in [0.05, 0.1) is 17.4 Å². The SMILES string of the molecule is CC(C)c1cc(N2CCCC2)cc2c1NC(c1cccc(-c3cccc4ccccc34)n1)c1ccccc1C2C. The van der Waals surface area contributed by atoms with E-state index in [1.54, 1.807) is 0 Å². The molecule has 0 amide bonds. The molecular weight excluding hydrogens is 486 g/mol. The van der Waals surface area contributed by atoms with Crippen molar-refractivity contribution < 1.29 is 0 Å². The van der Waals surface area contributed by atoms with Gasteiger partial charge in [-0.1, -0.05) is 93.6 Å². The summed E-state index contributed by atoms with van der Waals surface area (Å²) < 4.78 is 0. The first-order valence-electron chi connectivity index (χ1n) is 14.8. The van der Waals surface area contributed by atoms with Gasteiger partial charge in [-0.3, -0.25) is 4.98 Å². The van der Waals surface area contributed by atoms with Crippen molar-refractivity contribution in [2.45, 2.75) is 51.5 Å². The maximum absolute atomic E-state index is 5.34. The van der Waals surface area contributed by atoms with Gasteiger partial charge in [-0.25, -0.2) is 0 Å². The molecule has 1 fully saturated rings. The summed E-state index contributed by atoms with van der Waals surface area (Å²) in [5.74, 6) is 0.692. The monoisotopic (exact) mass is 523 g/mol. The highest BCUT2D eigenvalue weighted by Gasteiger charge is 2.31. The lowest BCUT2D eigenvalue weighted by Crippen LogP contribution is -2.19. The summed E-state index contributed by atoms with van der Waals surface area (Å²) in [6.45, 7) is 9.33. The average molecular weight is 524 g/mol. The fraction of sp³-hybridized carbons (Fsp3) is 0.270. The standard InChI is InChI=1S/C37H37N3/c1-24(2)32-22-27(40-20-8-9-21-40)23-33-25(3)28-14-6-7-16-31(28)37(39-36(32)33)35-19-11-18-34(38-35)30-17-10-13-26-12-4-5-15-29(26)30/h4-7,10-19,22-25,37,39H,8-9,20-21H2,1-3H3. The molecule has 0 aliphatic carbocycles. The minimum Gasteiger partial charge on any atom is -0.372 e. The van der Waals surface area contributed by atoms with Crippen molar-refractivity contribution >= 4 is 22.1 Å². The Hall–Kier alpha value is -4.11. The third-order valence-corrected chi connectivity index (χ3v) is 8.94. The third-order valence-electron chi connectivity index (χ3n) is 8.94. The fourth-order valence-corrected chi connectivity index (χ4v) is 6.79. The molecule has 2 atom stereocenters. The Balaban J connectivity index is 1.39. The van der Waals surface area contributed by atoms with Crippen LogP contribution in [0.3, 0.4) is 0 Å². The number of nitrogens with one attached hydrogen (secondary N) is 1. The summed E-state index contributed by atoms with van der Waals surface area (Å²) in [5.41, 5.74) is 11.4. The summed E-state index contributed by atoms with van der Waals surface area (Å²) in [4.78, 5) is 7.91. The Bertz CT molecular complexity index is 1690. The van der Waals surface area contributed by atoms with Gasteiger partial charge in [0.15, 0.2) is 0 Å². The van der Waals surface area contributed by atoms with Crippen LogP contribution in [-0.4, -0.2) is 18.1 Å². The molecule has 2 aliphatic rings. The number of hydrogen-bond acceptors (Lipinski definition) is 3. The number of aromatic nitrogens is 1. The maximum atomic E-state index is 5.34. The molecule has 40 heavy (non-hydrogen) atoms. The molecule has 3 heteroatoms. The first kappa shape index (κ1) is 24.9. The van der Waals surface area contributed by atoms with E-state index in [2.05, 4.69) is 128 Å². The molecule has 0 saturated carbocycles. The van der Waals surface area contributed by atoms with Crippen LogP contribution in [-0.2, 0) is 0 Å². The highest BCUT2D eigenvalue weighted by molar-refractivity contribution is 5.95. The number of pyridine rings is 1. The highest BCUT2D eigenvalue weighted by Crippen LogP contribution is 2.46. The molecule has 7 rings (SSSR count). The zero-order valence-electron chi connectivity index (χ0n) is 23.7. The van der Waals surface area contributed by atoms with Gasteiger partial charge >= 0.3 is 0 Å². The van der Waals surface area contributed by atoms with Crippen LogP contribution in [0.25, 0.3) is 22.0 Å². The van der Waals surface area contributed by atoms with E-state index in [4.69, 9.17) is 4.98 Å². The quantitative estimate of drug-likeness (QED) is 0.254. The summed E-state index contributed by atoms with van der Waals surface area (Å²) in [5, 5.41) is 6.54. The molecule has 5 aromatic rings. The Labute approximate surface area is 237 Å². The molecule has 1 aromatic heterocycles. The second-order valence-electron chi connectivity index (χ2n) is 11.8. The Morgan fingerprint density at radius 3 is 2.33 bits per heavy atom. The van der Waals surface area contributed by atoms with Crippen molar-refractivity contribution in [2.24, 2.45) is 0 Å². The van der Waals surface area contributed by atoms with Gasteiger partial charge in [0.2, 0.25) is 0 Å². The van der Waals surface area contributed by atoms with E-state index in [0.29, 0.717) is 5.92 Å². The lowest BCUT2D eigenvalue weighted by molar-refractivity contribution is 0.843. The van der Waals surface area contributed by atoms with Crippen LogP contribution >= 0.6 is 0 Å². The molecule has 2 aliphatic heterocycles. The molecule has 3 heterocycles. The summed E-state index contributed by atoms with van der Waals surface area (Å²) >= 11 is 0. The molecule has 0 spiro atoms.